The van der Waals surface area contributed by atoms with E-state index in [2.05, 4.69) is 4.72 Å². The third-order valence-electron chi connectivity index (χ3n) is 3.22. The summed E-state index contributed by atoms with van der Waals surface area (Å²) in [5, 5.41) is 9.10. The zero-order valence-electron chi connectivity index (χ0n) is 13.3. The minimum Gasteiger partial charge on any atom is -0.395 e. The summed E-state index contributed by atoms with van der Waals surface area (Å²) in [5.74, 6) is -0.209. The van der Waals surface area contributed by atoms with Gasteiger partial charge in [-0.3, -0.25) is 9.52 Å². The number of sulfonamides is 1. The second-order valence-corrected chi connectivity index (χ2v) is 7.02. The number of carbonyl (C=O) groups is 1. The van der Waals surface area contributed by atoms with Gasteiger partial charge in [0.05, 0.1) is 18.6 Å². The molecule has 124 valence electrons. The molecule has 0 aliphatic carbocycles. The van der Waals surface area contributed by atoms with Crippen molar-refractivity contribution in [2.75, 3.05) is 30.7 Å². The number of aliphatic hydroxyl groups excluding tert-OH is 1. The van der Waals surface area contributed by atoms with E-state index in [1.807, 2.05) is 6.92 Å². The molecule has 6 nitrogen and oxygen atoms in total. The van der Waals surface area contributed by atoms with E-state index in [4.69, 9.17) is 5.11 Å². The van der Waals surface area contributed by atoms with Gasteiger partial charge in [0.15, 0.2) is 0 Å². The second kappa shape index (κ2) is 8.14. The number of nitrogens with one attached hydrogen (secondary N) is 1. The van der Waals surface area contributed by atoms with E-state index >= 15 is 0 Å². The Kier molecular flexibility index (Phi) is 6.83. The summed E-state index contributed by atoms with van der Waals surface area (Å²) in [6.07, 6.45) is 2.87. The minimum absolute atomic E-state index is 0.101. The number of benzene rings is 1. The predicted molar refractivity (Wildman–Crippen MR) is 87.5 cm³/mol. The molecule has 2 N–H and O–H groups in total. The van der Waals surface area contributed by atoms with Crippen LogP contribution in [0.4, 0.5) is 5.69 Å². The van der Waals surface area contributed by atoms with Crippen LogP contribution < -0.4 is 4.72 Å². The van der Waals surface area contributed by atoms with E-state index in [1.54, 1.807) is 24.0 Å². The first-order valence-corrected chi connectivity index (χ1v) is 9.16. The molecule has 1 aromatic rings. The van der Waals surface area contributed by atoms with Gasteiger partial charge < -0.3 is 10.0 Å². The zero-order chi connectivity index (χ0) is 16.8. The molecule has 7 heteroatoms. The third-order valence-corrected chi connectivity index (χ3v) is 3.81. The topological polar surface area (TPSA) is 86.7 Å². The van der Waals surface area contributed by atoms with E-state index in [9.17, 15) is 13.2 Å². The zero-order valence-corrected chi connectivity index (χ0v) is 14.1. The van der Waals surface area contributed by atoms with Gasteiger partial charge in [-0.2, -0.15) is 0 Å². The van der Waals surface area contributed by atoms with Crippen LogP contribution >= 0.6 is 0 Å². The normalized spacial score (nSPS) is 11.3. The van der Waals surface area contributed by atoms with Gasteiger partial charge in [-0.1, -0.05) is 19.4 Å². The lowest BCUT2D eigenvalue weighted by Gasteiger charge is -2.22. The van der Waals surface area contributed by atoms with Crippen LogP contribution in [-0.4, -0.2) is 50.3 Å². The van der Waals surface area contributed by atoms with E-state index in [-0.39, 0.29) is 19.1 Å². The molecule has 1 rings (SSSR count). The summed E-state index contributed by atoms with van der Waals surface area (Å²) >= 11 is 0. The van der Waals surface area contributed by atoms with Crippen LogP contribution in [0.15, 0.2) is 18.2 Å². The number of rotatable bonds is 8. The molecule has 0 atom stereocenters. The minimum atomic E-state index is -3.40. The number of aryl methyl sites for hydroxylation is 1. The average Bonchev–Trinajstić information content (AvgIpc) is 2.43. The van der Waals surface area contributed by atoms with Crippen LogP contribution in [0.1, 0.15) is 35.7 Å². The summed E-state index contributed by atoms with van der Waals surface area (Å²) in [7, 11) is -3.40. The maximum absolute atomic E-state index is 12.5. The Labute approximate surface area is 132 Å². The highest BCUT2D eigenvalue weighted by atomic mass is 32.2. The molecule has 1 amide bonds. The Balaban J connectivity index is 3.03. The van der Waals surface area contributed by atoms with Crippen molar-refractivity contribution in [1.29, 1.82) is 0 Å². The van der Waals surface area contributed by atoms with Crippen molar-refractivity contribution in [2.24, 2.45) is 0 Å². The van der Waals surface area contributed by atoms with E-state index in [0.717, 1.165) is 24.7 Å². The highest BCUT2D eigenvalue weighted by Crippen LogP contribution is 2.19. The average molecular weight is 328 g/mol. The fraction of sp³-hybridized carbons (Fsp3) is 0.533. The van der Waals surface area contributed by atoms with Gasteiger partial charge in [-0.25, -0.2) is 8.42 Å². The second-order valence-electron chi connectivity index (χ2n) is 5.27. The summed E-state index contributed by atoms with van der Waals surface area (Å²) in [5.41, 5.74) is 1.54. The monoisotopic (exact) mass is 328 g/mol. The van der Waals surface area contributed by atoms with Crippen LogP contribution in [0.3, 0.4) is 0 Å². The number of unbranched alkanes of at least 4 members (excludes halogenated alkanes) is 1. The molecule has 0 heterocycles. The summed E-state index contributed by atoms with van der Waals surface area (Å²) in [6, 6.07) is 4.91. The van der Waals surface area contributed by atoms with Crippen LogP contribution in [-0.2, 0) is 10.0 Å². The smallest absolute Gasteiger partial charge is 0.254 e. The summed E-state index contributed by atoms with van der Waals surface area (Å²) < 4.78 is 25.2. The molecule has 1 aromatic carbocycles. The van der Waals surface area contributed by atoms with Crippen LogP contribution in [0.25, 0.3) is 0 Å². The first kappa shape index (κ1) is 18.4. The molecular weight excluding hydrogens is 304 g/mol. The first-order chi connectivity index (χ1) is 10.3. The fourth-order valence-electron chi connectivity index (χ4n) is 2.03. The van der Waals surface area contributed by atoms with Gasteiger partial charge in [0.25, 0.3) is 5.91 Å². The van der Waals surface area contributed by atoms with Gasteiger partial charge in [0.2, 0.25) is 10.0 Å². The molecule has 0 aliphatic heterocycles. The van der Waals surface area contributed by atoms with Crippen molar-refractivity contribution in [2.45, 2.75) is 26.7 Å². The summed E-state index contributed by atoms with van der Waals surface area (Å²) in [6.45, 7) is 4.53. The Morgan fingerprint density at radius 3 is 2.55 bits per heavy atom. The standard InChI is InChI=1S/C15H24N2O4S/c1-4-5-8-17(9-10-18)15(19)13-7-6-12(2)14(11-13)16-22(3,20)21/h6-7,11,16,18H,4-5,8-10H2,1-3H3. The first-order valence-electron chi connectivity index (χ1n) is 7.27. The predicted octanol–water partition coefficient (Wildman–Crippen LogP) is 1.60. The maximum Gasteiger partial charge on any atom is 0.254 e. The van der Waals surface area contributed by atoms with Crippen molar-refractivity contribution >= 4 is 21.6 Å². The Bertz CT molecular complexity index is 614. The number of amides is 1. The Morgan fingerprint density at radius 2 is 2.00 bits per heavy atom. The summed E-state index contributed by atoms with van der Waals surface area (Å²) in [4.78, 5) is 14.1. The van der Waals surface area contributed by atoms with E-state index in [1.165, 1.54) is 6.07 Å². The van der Waals surface area contributed by atoms with E-state index in [0.29, 0.717) is 17.8 Å². The lowest BCUT2D eigenvalue weighted by atomic mass is 10.1. The number of carbonyl (C=O) groups excluding carboxylic acids is 1. The van der Waals surface area contributed by atoms with Crippen LogP contribution in [0.2, 0.25) is 0 Å². The molecule has 0 aliphatic rings. The van der Waals surface area contributed by atoms with Gasteiger partial charge in [-0.05, 0) is 31.0 Å². The van der Waals surface area contributed by atoms with E-state index < -0.39 is 10.0 Å². The number of hydrogen-bond acceptors (Lipinski definition) is 4. The fourth-order valence-corrected chi connectivity index (χ4v) is 2.65. The quantitative estimate of drug-likeness (QED) is 0.759. The van der Waals surface area contributed by atoms with Crippen molar-refractivity contribution in [3.05, 3.63) is 29.3 Å². The number of nitrogens with zero attached hydrogens (tertiary/aromatic N) is 1. The molecule has 0 unspecified atom stereocenters. The lowest BCUT2D eigenvalue weighted by molar-refractivity contribution is 0.0719. The van der Waals surface area contributed by atoms with Crippen molar-refractivity contribution in [3.8, 4) is 0 Å². The highest BCUT2D eigenvalue weighted by Gasteiger charge is 2.16. The SMILES string of the molecule is CCCCN(CCO)C(=O)c1ccc(C)c(NS(C)(=O)=O)c1. The van der Waals surface area contributed by atoms with Crippen molar-refractivity contribution < 1.29 is 18.3 Å². The highest BCUT2D eigenvalue weighted by molar-refractivity contribution is 7.92. The largest absolute Gasteiger partial charge is 0.395 e. The van der Waals surface area contributed by atoms with Gasteiger partial charge in [0.1, 0.15) is 0 Å². The molecule has 0 spiro atoms. The maximum atomic E-state index is 12.5. The molecule has 0 saturated carbocycles. The molecule has 22 heavy (non-hydrogen) atoms. The number of aliphatic hydroxyl groups is 1. The van der Waals surface area contributed by atoms with Crippen LogP contribution in [0.5, 0.6) is 0 Å². The Morgan fingerprint density at radius 1 is 1.32 bits per heavy atom. The van der Waals surface area contributed by atoms with Gasteiger partial charge in [0, 0.05) is 18.7 Å². The number of hydrogen-bond donors (Lipinski definition) is 2. The van der Waals surface area contributed by atoms with Crippen molar-refractivity contribution in [3.63, 3.8) is 0 Å². The van der Waals surface area contributed by atoms with Crippen LogP contribution in [0, 0.1) is 6.92 Å². The molecule has 0 saturated heterocycles. The molecule has 0 bridgehead atoms. The van der Waals surface area contributed by atoms with Crippen molar-refractivity contribution in [1.82, 2.24) is 4.90 Å². The third kappa shape index (κ3) is 5.65. The molecule has 0 radical (unpaired) electrons. The molecular formula is C15H24N2O4S. The Hall–Kier alpha value is -1.60. The van der Waals surface area contributed by atoms with Gasteiger partial charge >= 0.3 is 0 Å². The molecule has 0 aromatic heterocycles. The lowest BCUT2D eigenvalue weighted by Crippen LogP contribution is -2.34. The van der Waals surface area contributed by atoms with Gasteiger partial charge in [-0.15, -0.1) is 0 Å². The molecule has 0 fully saturated rings. The number of anilines is 1.